The first-order valence-corrected chi connectivity index (χ1v) is 6.55. The molecule has 1 saturated heterocycles. The predicted molar refractivity (Wildman–Crippen MR) is 70.5 cm³/mol. The van der Waals surface area contributed by atoms with Gasteiger partial charge in [-0.05, 0) is 20.8 Å². The Bertz CT molecular complexity index is 412. The second-order valence-corrected chi connectivity index (χ2v) is 5.07. The smallest absolute Gasteiger partial charge is 0.235 e. The van der Waals surface area contributed by atoms with Crippen molar-refractivity contribution < 1.29 is 14.2 Å². The third-order valence-electron chi connectivity index (χ3n) is 2.71. The summed E-state index contributed by atoms with van der Waals surface area (Å²) < 4.78 is 16.8. The van der Waals surface area contributed by atoms with Crippen molar-refractivity contribution in [2.75, 3.05) is 26.3 Å². The minimum atomic E-state index is -0.162. The van der Waals surface area contributed by atoms with Crippen LogP contribution in [0.3, 0.4) is 0 Å². The van der Waals surface area contributed by atoms with Crippen molar-refractivity contribution in [1.29, 1.82) is 0 Å². The van der Waals surface area contributed by atoms with Gasteiger partial charge in [-0.25, -0.2) is 0 Å². The van der Waals surface area contributed by atoms with Crippen molar-refractivity contribution in [1.82, 2.24) is 15.3 Å². The summed E-state index contributed by atoms with van der Waals surface area (Å²) in [6, 6.07) is 0. The Morgan fingerprint density at radius 1 is 1.37 bits per heavy atom. The average molecular weight is 267 g/mol. The molecule has 19 heavy (non-hydrogen) atoms. The maximum absolute atomic E-state index is 5.91. The molecule has 0 radical (unpaired) electrons. The second kappa shape index (κ2) is 6.16. The molecule has 6 heteroatoms. The molecule has 2 heterocycles. The van der Waals surface area contributed by atoms with E-state index in [0.717, 1.165) is 13.1 Å². The number of aromatic nitrogens is 2. The van der Waals surface area contributed by atoms with Crippen LogP contribution in [0.5, 0.6) is 11.8 Å². The van der Waals surface area contributed by atoms with Gasteiger partial charge in [-0.1, -0.05) is 0 Å². The predicted octanol–water partition coefficient (Wildman–Crippen LogP) is 1.02. The van der Waals surface area contributed by atoms with Crippen LogP contribution in [0, 0.1) is 0 Å². The van der Waals surface area contributed by atoms with E-state index in [1.54, 1.807) is 12.4 Å². The summed E-state index contributed by atoms with van der Waals surface area (Å²) in [5, 5.41) is 3.33. The van der Waals surface area contributed by atoms with Crippen LogP contribution in [0.4, 0.5) is 0 Å². The number of nitrogens with one attached hydrogen (secondary N) is 1. The average Bonchev–Trinajstić information content (AvgIpc) is 2.36. The highest BCUT2D eigenvalue weighted by atomic mass is 16.6. The number of nitrogens with zero attached hydrogens (tertiary/aromatic N) is 2. The van der Waals surface area contributed by atoms with Gasteiger partial charge in [0, 0.05) is 13.1 Å². The third-order valence-corrected chi connectivity index (χ3v) is 2.71. The van der Waals surface area contributed by atoms with E-state index < -0.39 is 0 Å². The summed E-state index contributed by atoms with van der Waals surface area (Å²) in [6.45, 7) is 8.65. The van der Waals surface area contributed by atoms with Gasteiger partial charge in [0.05, 0.1) is 24.6 Å². The zero-order valence-corrected chi connectivity index (χ0v) is 11.7. The number of morpholine rings is 1. The van der Waals surface area contributed by atoms with E-state index in [4.69, 9.17) is 14.2 Å². The molecule has 0 bridgehead atoms. The molecule has 0 aliphatic carbocycles. The monoisotopic (exact) mass is 267 g/mol. The molecular formula is C13H21N3O3. The standard InChI is InChI=1S/C13H21N3O3/c1-4-17-11-6-14-7-12(16-11)18-8-10-5-15-9-13(2,3)19-10/h6-7,10,15H,4-5,8-9H2,1-3H3. The molecule has 1 unspecified atom stereocenters. The van der Waals surface area contributed by atoms with Crippen molar-refractivity contribution in [2.45, 2.75) is 32.5 Å². The van der Waals surface area contributed by atoms with Crippen molar-refractivity contribution >= 4 is 0 Å². The van der Waals surface area contributed by atoms with Crippen LogP contribution in [0.2, 0.25) is 0 Å². The minimum Gasteiger partial charge on any atom is -0.477 e. The Hall–Kier alpha value is -1.40. The maximum Gasteiger partial charge on any atom is 0.235 e. The van der Waals surface area contributed by atoms with Gasteiger partial charge >= 0.3 is 0 Å². The lowest BCUT2D eigenvalue weighted by Crippen LogP contribution is -2.52. The molecule has 1 aliphatic rings. The zero-order valence-electron chi connectivity index (χ0n) is 11.7. The summed E-state index contributed by atoms with van der Waals surface area (Å²) in [4.78, 5) is 8.23. The Morgan fingerprint density at radius 3 is 2.79 bits per heavy atom. The van der Waals surface area contributed by atoms with E-state index >= 15 is 0 Å². The molecule has 1 aromatic rings. The summed E-state index contributed by atoms with van der Waals surface area (Å²) >= 11 is 0. The SMILES string of the molecule is CCOc1cncc(OCC2CNCC(C)(C)O2)n1. The van der Waals surface area contributed by atoms with Crippen LogP contribution >= 0.6 is 0 Å². The molecule has 1 aromatic heterocycles. The third kappa shape index (κ3) is 4.33. The molecule has 6 nitrogen and oxygen atoms in total. The molecule has 1 N–H and O–H groups in total. The number of rotatable bonds is 5. The van der Waals surface area contributed by atoms with E-state index in [-0.39, 0.29) is 11.7 Å². The molecule has 1 aliphatic heterocycles. The molecule has 1 atom stereocenters. The van der Waals surface area contributed by atoms with Gasteiger partial charge in [0.15, 0.2) is 0 Å². The fourth-order valence-corrected chi connectivity index (χ4v) is 1.96. The quantitative estimate of drug-likeness (QED) is 0.859. The molecule has 2 rings (SSSR count). The molecule has 0 spiro atoms. The molecular weight excluding hydrogens is 246 g/mol. The Labute approximate surface area is 113 Å². The van der Waals surface area contributed by atoms with Crippen LogP contribution in [-0.4, -0.2) is 48.0 Å². The Morgan fingerprint density at radius 2 is 2.11 bits per heavy atom. The first-order chi connectivity index (χ1) is 9.09. The summed E-state index contributed by atoms with van der Waals surface area (Å²) in [6.07, 6.45) is 3.16. The fraction of sp³-hybridized carbons (Fsp3) is 0.692. The number of hydrogen-bond acceptors (Lipinski definition) is 6. The molecule has 106 valence electrons. The summed E-state index contributed by atoms with van der Waals surface area (Å²) in [5.74, 6) is 0.931. The first kappa shape index (κ1) is 14.0. The van der Waals surface area contributed by atoms with E-state index in [2.05, 4.69) is 29.1 Å². The Kier molecular flexibility index (Phi) is 4.55. The van der Waals surface area contributed by atoms with Gasteiger partial charge in [-0.3, -0.25) is 4.98 Å². The van der Waals surface area contributed by atoms with Crippen molar-refractivity contribution in [3.8, 4) is 11.8 Å². The van der Waals surface area contributed by atoms with Gasteiger partial charge < -0.3 is 19.5 Å². The highest BCUT2D eigenvalue weighted by Gasteiger charge is 2.28. The summed E-state index contributed by atoms with van der Waals surface area (Å²) in [7, 11) is 0. The summed E-state index contributed by atoms with van der Waals surface area (Å²) in [5.41, 5.74) is -0.162. The highest BCUT2D eigenvalue weighted by molar-refractivity contribution is 5.12. The van der Waals surface area contributed by atoms with Gasteiger partial charge in [-0.15, -0.1) is 0 Å². The normalized spacial score (nSPS) is 21.9. The Balaban J connectivity index is 1.86. The van der Waals surface area contributed by atoms with E-state index in [0.29, 0.717) is 25.0 Å². The lowest BCUT2D eigenvalue weighted by molar-refractivity contribution is -0.107. The molecule has 0 saturated carbocycles. The van der Waals surface area contributed by atoms with Crippen LogP contribution in [0.25, 0.3) is 0 Å². The molecule has 1 fully saturated rings. The second-order valence-electron chi connectivity index (χ2n) is 5.07. The first-order valence-electron chi connectivity index (χ1n) is 6.55. The maximum atomic E-state index is 5.91. The van der Waals surface area contributed by atoms with Gasteiger partial charge in [0.2, 0.25) is 11.8 Å². The van der Waals surface area contributed by atoms with Crippen LogP contribution < -0.4 is 14.8 Å². The number of hydrogen-bond donors (Lipinski definition) is 1. The lowest BCUT2D eigenvalue weighted by atomic mass is 10.1. The molecule has 0 aromatic carbocycles. The van der Waals surface area contributed by atoms with Crippen LogP contribution in [0.1, 0.15) is 20.8 Å². The van der Waals surface area contributed by atoms with Crippen molar-refractivity contribution in [2.24, 2.45) is 0 Å². The fourth-order valence-electron chi connectivity index (χ4n) is 1.96. The zero-order chi connectivity index (χ0) is 13.7. The largest absolute Gasteiger partial charge is 0.477 e. The number of ether oxygens (including phenoxy) is 3. The molecule has 0 amide bonds. The van der Waals surface area contributed by atoms with Crippen molar-refractivity contribution in [3.05, 3.63) is 12.4 Å². The van der Waals surface area contributed by atoms with Gasteiger partial charge in [0.25, 0.3) is 0 Å². The van der Waals surface area contributed by atoms with Gasteiger partial charge in [0.1, 0.15) is 12.7 Å². The lowest BCUT2D eigenvalue weighted by Gasteiger charge is -2.36. The minimum absolute atomic E-state index is 0.0151. The van der Waals surface area contributed by atoms with Crippen molar-refractivity contribution in [3.63, 3.8) is 0 Å². The van der Waals surface area contributed by atoms with E-state index in [1.807, 2.05) is 6.92 Å². The van der Waals surface area contributed by atoms with Crippen LogP contribution in [0.15, 0.2) is 12.4 Å². The van der Waals surface area contributed by atoms with E-state index in [1.165, 1.54) is 0 Å². The van der Waals surface area contributed by atoms with Crippen LogP contribution in [-0.2, 0) is 4.74 Å². The van der Waals surface area contributed by atoms with E-state index in [9.17, 15) is 0 Å². The highest BCUT2D eigenvalue weighted by Crippen LogP contribution is 2.17. The van der Waals surface area contributed by atoms with Gasteiger partial charge in [-0.2, -0.15) is 4.98 Å². The topological polar surface area (TPSA) is 65.5 Å².